The van der Waals surface area contributed by atoms with Crippen LogP contribution in [0.3, 0.4) is 0 Å². The molecule has 0 unspecified atom stereocenters. The van der Waals surface area contributed by atoms with Gasteiger partial charge < -0.3 is 10.1 Å². The van der Waals surface area contributed by atoms with E-state index in [1.807, 2.05) is 6.07 Å². The van der Waals surface area contributed by atoms with Crippen LogP contribution in [-0.4, -0.2) is 21.9 Å². The van der Waals surface area contributed by atoms with Crippen LogP contribution in [0.5, 0.6) is 5.88 Å². The van der Waals surface area contributed by atoms with Crippen molar-refractivity contribution in [1.29, 1.82) is 0 Å². The Kier molecular flexibility index (Phi) is 4.95. The molecule has 108 valence electrons. The van der Waals surface area contributed by atoms with Crippen molar-refractivity contribution < 1.29 is 4.74 Å². The fraction of sp³-hybridized carbons (Fsp3) is 0.214. The topological polar surface area (TPSA) is 69.0 Å². The average molecular weight is 349 g/mol. The van der Waals surface area contributed by atoms with E-state index in [-0.39, 0.29) is 12.1 Å². The predicted molar refractivity (Wildman–Crippen MR) is 83.1 cm³/mol. The molecule has 0 atom stereocenters. The van der Waals surface area contributed by atoms with Crippen molar-refractivity contribution in [1.82, 2.24) is 14.8 Å². The third-order valence-corrected chi connectivity index (χ3v) is 3.48. The van der Waals surface area contributed by atoms with E-state index in [1.165, 1.54) is 4.68 Å². The molecule has 2 aromatic rings. The van der Waals surface area contributed by atoms with E-state index in [0.717, 1.165) is 5.56 Å². The number of aromatic nitrogens is 3. The lowest BCUT2D eigenvalue weighted by Gasteiger charge is -2.09. The molecule has 0 amide bonds. The second kappa shape index (κ2) is 6.90. The third-order valence-electron chi connectivity index (χ3n) is 2.72. The van der Waals surface area contributed by atoms with Gasteiger partial charge in [0.1, 0.15) is 11.0 Å². The highest BCUT2D eigenvalue weighted by molar-refractivity contribution is 9.10. The largest absolute Gasteiger partial charge is 0.481 e. The number of halogens is 1. The van der Waals surface area contributed by atoms with Gasteiger partial charge in [0.2, 0.25) is 5.88 Å². The Balaban J connectivity index is 2.11. The maximum Gasteiger partial charge on any atom is 0.284 e. The maximum absolute atomic E-state index is 12.0. The third kappa shape index (κ3) is 3.61. The summed E-state index contributed by atoms with van der Waals surface area (Å²) >= 11 is 3.26. The Morgan fingerprint density at radius 1 is 1.48 bits per heavy atom. The maximum atomic E-state index is 12.0. The monoisotopic (exact) mass is 348 g/mol. The number of pyridine rings is 1. The van der Waals surface area contributed by atoms with E-state index in [4.69, 9.17) is 11.2 Å². The summed E-state index contributed by atoms with van der Waals surface area (Å²) in [5.74, 6) is 2.93. The van der Waals surface area contributed by atoms with Gasteiger partial charge in [0.15, 0.2) is 0 Å². The Morgan fingerprint density at radius 2 is 2.29 bits per heavy atom. The zero-order valence-electron chi connectivity index (χ0n) is 11.3. The molecular weight excluding hydrogens is 336 g/mol. The normalized spacial score (nSPS) is 9.95. The highest BCUT2D eigenvalue weighted by atomic mass is 79.9. The summed E-state index contributed by atoms with van der Waals surface area (Å²) in [5.41, 5.74) is 1.28. The Morgan fingerprint density at radius 3 is 2.90 bits per heavy atom. The zero-order chi connectivity index (χ0) is 15.2. The Bertz CT molecular complexity index is 719. The van der Waals surface area contributed by atoms with Crippen molar-refractivity contribution in [3.05, 3.63) is 44.9 Å². The number of nitrogens with zero attached hydrogens (tertiary/aromatic N) is 3. The van der Waals surface area contributed by atoms with Gasteiger partial charge in [-0.05, 0) is 21.5 Å². The molecular formula is C14H13BrN4O2. The Hall–Kier alpha value is -2.33. The molecule has 2 heterocycles. The van der Waals surface area contributed by atoms with Crippen LogP contribution in [0.2, 0.25) is 0 Å². The second-order valence-corrected chi connectivity index (χ2v) is 4.89. The lowest BCUT2D eigenvalue weighted by atomic mass is 10.3. The van der Waals surface area contributed by atoms with Crippen LogP contribution in [0.25, 0.3) is 0 Å². The summed E-state index contributed by atoms with van der Waals surface area (Å²) in [4.78, 5) is 16.1. The van der Waals surface area contributed by atoms with Crippen molar-refractivity contribution >= 4 is 21.6 Å². The van der Waals surface area contributed by atoms with Crippen molar-refractivity contribution in [3.8, 4) is 18.2 Å². The molecule has 2 aromatic heterocycles. The van der Waals surface area contributed by atoms with Crippen LogP contribution >= 0.6 is 15.9 Å². The number of nitrogens with one attached hydrogen (secondary N) is 1. The SMILES string of the molecule is C#CCn1ncc(NCc2ccc(OC)nc2)c(Br)c1=O. The molecule has 0 aromatic carbocycles. The Labute approximate surface area is 130 Å². The number of methoxy groups -OCH3 is 1. The van der Waals surface area contributed by atoms with Crippen LogP contribution in [-0.2, 0) is 13.1 Å². The smallest absolute Gasteiger partial charge is 0.284 e. The summed E-state index contributed by atoms with van der Waals surface area (Å²) in [6, 6.07) is 3.66. The summed E-state index contributed by atoms with van der Waals surface area (Å²) in [7, 11) is 1.56. The molecule has 0 saturated carbocycles. The highest BCUT2D eigenvalue weighted by Gasteiger charge is 2.08. The standard InChI is InChI=1S/C14H13BrN4O2/c1-3-6-19-14(20)13(15)11(9-18-19)16-7-10-4-5-12(21-2)17-8-10/h1,4-5,8-9,16H,6-7H2,2H3. The molecule has 2 rings (SSSR count). The first-order chi connectivity index (χ1) is 10.2. The molecule has 6 nitrogen and oxygen atoms in total. The molecule has 7 heteroatoms. The van der Waals surface area contributed by atoms with E-state index >= 15 is 0 Å². The molecule has 0 aliphatic heterocycles. The summed E-state index contributed by atoms with van der Waals surface area (Å²) in [6.07, 6.45) is 8.43. The molecule has 0 aliphatic rings. The fourth-order valence-corrected chi connectivity index (χ4v) is 2.07. The number of anilines is 1. The number of ether oxygens (including phenoxy) is 1. The number of hydrogen-bond acceptors (Lipinski definition) is 5. The van der Waals surface area contributed by atoms with Gasteiger partial charge in [-0.15, -0.1) is 6.42 Å². The first kappa shape index (κ1) is 15.1. The minimum absolute atomic E-state index is 0.139. The van der Waals surface area contributed by atoms with Gasteiger partial charge in [0, 0.05) is 18.8 Å². The minimum Gasteiger partial charge on any atom is -0.481 e. The van der Waals surface area contributed by atoms with E-state index in [0.29, 0.717) is 22.6 Å². The molecule has 0 radical (unpaired) electrons. The predicted octanol–water partition coefficient (Wildman–Crippen LogP) is 1.65. The lowest BCUT2D eigenvalue weighted by Crippen LogP contribution is -2.24. The van der Waals surface area contributed by atoms with Crippen LogP contribution in [0.15, 0.2) is 33.8 Å². The molecule has 0 saturated heterocycles. The molecule has 0 aliphatic carbocycles. The van der Waals surface area contributed by atoms with Crippen LogP contribution in [0.4, 0.5) is 5.69 Å². The second-order valence-electron chi connectivity index (χ2n) is 4.10. The summed E-state index contributed by atoms with van der Waals surface area (Å²) < 4.78 is 6.60. The summed E-state index contributed by atoms with van der Waals surface area (Å²) in [5, 5.41) is 7.12. The van der Waals surface area contributed by atoms with Gasteiger partial charge in [-0.2, -0.15) is 5.10 Å². The van der Waals surface area contributed by atoms with Crippen molar-refractivity contribution in [3.63, 3.8) is 0 Å². The first-order valence-corrected chi connectivity index (χ1v) is 6.87. The quantitative estimate of drug-likeness (QED) is 0.832. The van der Waals surface area contributed by atoms with Gasteiger partial charge in [0.05, 0.1) is 19.0 Å². The molecule has 1 N–H and O–H groups in total. The van der Waals surface area contributed by atoms with E-state index in [2.05, 4.69) is 37.2 Å². The molecule has 0 spiro atoms. The number of rotatable bonds is 5. The van der Waals surface area contributed by atoms with E-state index < -0.39 is 0 Å². The van der Waals surface area contributed by atoms with Crippen molar-refractivity contribution in [2.45, 2.75) is 13.1 Å². The van der Waals surface area contributed by atoms with Crippen LogP contribution in [0, 0.1) is 12.3 Å². The minimum atomic E-state index is -0.272. The molecule has 0 bridgehead atoms. The molecule has 21 heavy (non-hydrogen) atoms. The zero-order valence-corrected chi connectivity index (χ0v) is 12.9. The van der Waals surface area contributed by atoms with Crippen molar-refractivity contribution in [2.24, 2.45) is 0 Å². The number of hydrogen-bond donors (Lipinski definition) is 1. The highest BCUT2D eigenvalue weighted by Crippen LogP contribution is 2.17. The summed E-state index contributed by atoms with van der Waals surface area (Å²) in [6.45, 7) is 0.649. The van der Waals surface area contributed by atoms with Crippen LogP contribution in [0.1, 0.15) is 5.56 Å². The van der Waals surface area contributed by atoms with Gasteiger partial charge in [-0.1, -0.05) is 12.0 Å². The van der Waals surface area contributed by atoms with Gasteiger partial charge in [0.25, 0.3) is 5.56 Å². The first-order valence-electron chi connectivity index (χ1n) is 6.07. The molecule has 0 fully saturated rings. The number of terminal acetylenes is 1. The van der Waals surface area contributed by atoms with Gasteiger partial charge in [-0.25, -0.2) is 9.67 Å². The van der Waals surface area contributed by atoms with Gasteiger partial charge in [-0.3, -0.25) is 4.79 Å². The van der Waals surface area contributed by atoms with Crippen molar-refractivity contribution in [2.75, 3.05) is 12.4 Å². The van der Waals surface area contributed by atoms with E-state index in [9.17, 15) is 4.79 Å². The van der Waals surface area contributed by atoms with Crippen LogP contribution < -0.4 is 15.6 Å². The fourth-order valence-electron chi connectivity index (χ4n) is 1.62. The average Bonchev–Trinajstić information content (AvgIpc) is 2.52. The van der Waals surface area contributed by atoms with E-state index in [1.54, 1.807) is 25.6 Å². The van der Waals surface area contributed by atoms with Gasteiger partial charge >= 0.3 is 0 Å². The lowest BCUT2D eigenvalue weighted by molar-refractivity contribution is 0.397.